The first kappa shape index (κ1) is 13.7. The van der Waals surface area contributed by atoms with Gasteiger partial charge in [-0.15, -0.1) is 0 Å². The van der Waals surface area contributed by atoms with E-state index in [0.717, 1.165) is 13.1 Å². The monoisotopic (exact) mass is 284 g/mol. The smallest absolute Gasteiger partial charge is 0.0238 e. The van der Waals surface area contributed by atoms with Crippen LogP contribution in [0.3, 0.4) is 0 Å². The van der Waals surface area contributed by atoms with Crippen molar-refractivity contribution in [2.45, 2.75) is 33.0 Å². The molecule has 0 atom stereocenters. The lowest BCUT2D eigenvalue weighted by atomic mass is 10.1. The summed E-state index contributed by atoms with van der Waals surface area (Å²) in [5, 5.41) is 3.42. The van der Waals surface area contributed by atoms with Gasteiger partial charge in [-0.2, -0.15) is 0 Å². The van der Waals surface area contributed by atoms with E-state index in [0.29, 0.717) is 6.04 Å². The van der Waals surface area contributed by atoms with Gasteiger partial charge in [0.15, 0.2) is 0 Å². The number of hydrogen-bond acceptors (Lipinski definition) is 2. The third kappa shape index (κ3) is 4.64. The van der Waals surface area contributed by atoms with Crippen molar-refractivity contribution in [1.82, 2.24) is 10.2 Å². The van der Waals surface area contributed by atoms with E-state index in [1.165, 1.54) is 15.6 Å². The molecule has 0 heterocycles. The van der Waals surface area contributed by atoms with Gasteiger partial charge in [0, 0.05) is 23.6 Å². The van der Waals surface area contributed by atoms with Crippen LogP contribution in [0.2, 0.25) is 0 Å². The number of nitrogens with zero attached hydrogens (tertiary/aromatic N) is 1. The third-order valence-electron chi connectivity index (χ3n) is 2.32. The molecular weight excluding hydrogens is 264 g/mol. The first-order valence-electron chi connectivity index (χ1n) is 5.64. The summed E-state index contributed by atoms with van der Waals surface area (Å²) in [6.07, 6.45) is 0. The molecule has 0 radical (unpaired) electrons. The standard InChI is InChI=1S/C13H21BrN2/c1-10(2)15-8-11-5-6-12(9-16(3)4)13(14)7-11/h5-7,10,15H,8-9H2,1-4H3. The van der Waals surface area contributed by atoms with Crippen molar-refractivity contribution >= 4 is 15.9 Å². The fraction of sp³-hybridized carbons (Fsp3) is 0.538. The van der Waals surface area contributed by atoms with Crippen molar-refractivity contribution in [2.75, 3.05) is 14.1 Å². The molecule has 1 rings (SSSR count). The molecule has 0 aliphatic carbocycles. The first-order valence-corrected chi connectivity index (χ1v) is 6.43. The molecule has 16 heavy (non-hydrogen) atoms. The van der Waals surface area contributed by atoms with Crippen LogP contribution in [0.15, 0.2) is 22.7 Å². The Balaban J connectivity index is 2.67. The fourth-order valence-corrected chi connectivity index (χ4v) is 2.04. The van der Waals surface area contributed by atoms with Crippen LogP contribution in [0.1, 0.15) is 25.0 Å². The van der Waals surface area contributed by atoms with Crippen molar-refractivity contribution in [1.29, 1.82) is 0 Å². The topological polar surface area (TPSA) is 15.3 Å². The summed E-state index contributed by atoms with van der Waals surface area (Å²) in [4.78, 5) is 2.17. The average molecular weight is 285 g/mol. The van der Waals surface area contributed by atoms with Gasteiger partial charge < -0.3 is 10.2 Å². The second-order valence-corrected chi connectivity index (χ2v) is 5.55. The van der Waals surface area contributed by atoms with E-state index in [1.54, 1.807) is 0 Å². The lowest BCUT2D eigenvalue weighted by Crippen LogP contribution is -2.21. The lowest BCUT2D eigenvalue weighted by molar-refractivity contribution is 0.401. The number of benzene rings is 1. The Hall–Kier alpha value is -0.380. The van der Waals surface area contributed by atoms with Crippen molar-refractivity contribution in [3.8, 4) is 0 Å². The van der Waals surface area contributed by atoms with E-state index in [9.17, 15) is 0 Å². The van der Waals surface area contributed by atoms with Gasteiger partial charge in [-0.3, -0.25) is 0 Å². The molecule has 1 N–H and O–H groups in total. The van der Waals surface area contributed by atoms with Crippen LogP contribution in [0.5, 0.6) is 0 Å². The van der Waals surface area contributed by atoms with Crippen LogP contribution in [0, 0.1) is 0 Å². The Bertz CT molecular complexity index is 335. The maximum atomic E-state index is 3.63. The Morgan fingerprint density at radius 1 is 1.31 bits per heavy atom. The van der Waals surface area contributed by atoms with E-state index < -0.39 is 0 Å². The minimum absolute atomic E-state index is 0.528. The van der Waals surface area contributed by atoms with Crippen LogP contribution < -0.4 is 5.32 Å². The second-order valence-electron chi connectivity index (χ2n) is 4.70. The zero-order valence-corrected chi connectivity index (χ0v) is 12.1. The predicted molar refractivity (Wildman–Crippen MR) is 73.5 cm³/mol. The molecule has 0 fully saturated rings. The molecule has 3 heteroatoms. The van der Waals surface area contributed by atoms with E-state index in [-0.39, 0.29) is 0 Å². The van der Waals surface area contributed by atoms with Gasteiger partial charge in [-0.1, -0.05) is 41.9 Å². The molecule has 0 bridgehead atoms. The number of nitrogens with one attached hydrogen (secondary N) is 1. The SMILES string of the molecule is CC(C)NCc1ccc(CN(C)C)c(Br)c1. The van der Waals surface area contributed by atoms with Gasteiger partial charge in [0.25, 0.3) is 0 Å². The van der Waals surface area contributed by atoms with Crippen LogP contribution in [0.4, 0.5) is 0 Å². The highest BCUT2D eigenvalue weighted by Gasteiger charge is 2.03. The van der Waals surface area contributed by atoms with Gasteiger partial charge in [0.05, 0.1) is 0 Å². The minimum atomic E-state index is 0.528. The molecule has 90 valence electrons. The summed E-state index contributed by atoms with van der Waals surface area (Å²) in [7, 11) is 4.17. The van der Waals surface area contributed by atoms with Crippen LogP contribution in [-0.2, 0) is 13.1 Å². The molecule has 0 aromatic heterocycles. The molecule has 0 saturated heterocycles. The highest BCUT2D eigenvalue weighted by molar-refractivity contribution is 9.10. The molecular formula is C13H21BrN2. The zero-order chi connectivity index (χ0) is 12.1. The number of halogens is 1. The molecule has 1 aromatic rings. The summed E-state index contributed by atoms with van der Waals surface area (Å²) in [5.41, 5.74) is 2.65. The Kier molecular flexibility index (Phi) is 5.46. The molecule has 0 amide bonds. The second kappa shape index (κ2) is 6.38. The maximum absolute atomic E-state index is 3.63. The van der Waals surface area contributed by atoms with Crippen molar-refractivity contribution in [3.63, 3.8) is 0 Å². The van der Waals surface area contributed by atoms with E-state index >= 15 is 0 Å². The predicted octanol–water partition coefficient (Wildman–Crippen LogP) is 3.01. The minimum Gasteiger partial charge on any atom is -0.310 e. The molecule has 0 saturated carbocycles. The fourth-order valence-electron chi connectivity index (χ4n) is 1.49. The van der Waals surface area contributed by atoms with Crippen molar-refractivity contribution in [3.05, 3.63) is 33.8 Å². The van der Waals surface area contributed by atoms with E-state index in [4.69, 9.17) is 0 Å². The van der Waals surface area contributed by atoms with Gasteiger partial charge in [-0.05, 0) is 31.3 Å². The highest BCUT2D eigenvalue weighted by atomic mass is 79.9. The largest absolute Gasteiger partial charge is 0.310 e. The van der Waals surface area contributed by atoms with Crippen molar-refractivity contribution in [2.24, 2.45) is 0 Å². The van der Waals surface area contributed by atoms with Crippen LogP contribution in [-0.4, -0.2) is 25.0 Å². The van der Waals surface area contributed by atoms with E-state index in [1.807, 2.05) is 0 Å². The van der Waals surface area contributed by atoms with Gasteiger partial charge in [0.2, 0.25) is 0 Å². The quantitative estimate of drug-likeness (QED) is 0.894. The Morgan fingerprint density at radius 2 is 2.00 bits per heavy atom. The highest BCUT2D eigenvalue weighted by Crippen LogP contribution is 2.19. The summed E-state index contributed by atoms with van der Waals surface area (Å²) in [5.74, 6) is 0. The van der Waals surface area contributed by atoms with Crippen LogP contribution >= 0.6 is 15.9 Å². The molecule has 1 aromatic carbocycles. The number of rotatable bonds is 5. The average Bonchev–Trinajstić information content (AvgIpc) is 2.18. The van der Waals surface area contributed by atoms with Crippen LogP contribution in [0.25, 0.3) is 0 Å². The molecule has 0 aliphatic rings. The van der Waals surface area contributed by atoms with E-state index in [2.05, 4.69) is 72.3 Å². The number of hydrogen-bond donors (Lipinski definition) is 1. The molecule has 2 nitrogen and oxygen atoms in total. The first-order chi connectivity index (χ1) is 7.49. The van der Waals surface area contributed by atoms with Gasteiger partial charge in [-0.25, -0.2) is 0 Å². The summed E-state index contributed by atoms with van der Waals surface area (Å²) < 4.78 is 1.20. The Labute approximate surface area is 107 Å². The molecule has 0 unspecified atom stereocenters. The lowest BCUT2D eigenvalue weighted by Gasteiger charge is -2.13. The normalized spacial score (nSPS) is 11.4. The van der Waals surface area contributed by atoms with Gasteiger partial charge >= 0.3 is 0 Å². The third-order valence-corrected chi connectivity index (χ3v) is 3.06. The van der Waals surface area contributed by atoms with Gasteiger partial charge in [0.1, 0.15) is 0 Å². The Morgan fingerprint density at radius 3 is 2.50 bits per heavy atom. The molecule has 0 spiro atoms. The van der Waals surface area contributed by atoms with Crippen molar-refractivity contribution < 1.29 is 0 Å². The zero-order valence-electron chi connectivity index (χ0n) is 10.5. The summed E-state index contributed by atoms with van der Waals surface area (Å²) in [6.45, 7) is 6.22. The maximum Gasteiger partial charge on any atom is 0.0238 e. The summed E-state index contributed by atoms with van der Waals surface area (Å²) in [6, 6.07) is 7.12. The summed E-state index contributed by atoms with van der Waals surface area (Å²) >= 11 is 3.63. The molecule has 0 aliphatic heterocycles.